The molecule has 4 heteroatoms. The minimum Gasteiger partial charge on any atom is 0 e. The van der Waals surface area contributed by atoms with Crippen LogP contribution in [0.1, 0.15) is 25.0 Å². The summed E-state index contributed by atoms with van der Waals surface area (Å²) >= 11 is -3.65. The van der Waals surface area contributed by atoms with Crippen LogP contribution in [0.2, 0.25) is 0 Å². The number of rotatable bonds is 4. The topological polar surface area (TPSA) is 17.8 Å². The van der Waals surface area contributed by atoms with E-state index in [4.69, 9.17) is 0 Å². The minimum atomic E-state index is -3.65. The van der Waals surface area contributed by atoms with Gasteiger partial charge in [-0.3, -0.25) is 0 Å². The van der Waals surface area contributed by atoms with Crippen molar-refractivity contribution in [3.05, 3.63) is 181 Å². The van der Waals surface area contributed by atoms with Gasteiger partial charge in [0.2, 0.25) is 0 Å². The van der Waals surface area contributed by atoms with Gasteiger partial charge in [-0.1, -0.05) is 0 Å². The first-order chi connectivity index (χ1) is 23.1. The summed E-state index contributed by atoms with van der Waals surface area (Å²) in [6.07, 6.45) is 1.84. The van der Waals surface area contributed by atoms with Crippen LogP contribution in [0, 0.1) is 18.2 Å². The zero-order valence-electron chi connectivity index (χ0n) is 26.6. The van der Waals surface area contributed by atoms with Crippen LogP contribution >= 0.6 is 0 Å². The van der Waals surface area contributed by atoms with Gasteiger partial charge in [0.1, 0.15) is 0 Å². The zero-order chi connectivity index (χ0) is 31.6. The average Bonchev–Trinajstić information content (AvgIpc) is 3.47. The van der Waals surface area contributed by atoms with Crippen molar-refractivity contribution in [2.24, 2.45) is 0 Å². The Kier molecular flexibility index (Phi) is 7.62. The fourth-order valence-electron chi connectivity index (χ4n) is 7.97. The standard InChI is InChI=1S/C44H31GeN2.Pt/c1-44(2)37-20-7-9-22-39(37)45(32-16-4-3-5-17-32,40-23-10-8-21-38(40)44)33-26-27-36-35-19-6-11-25-42(35)47(43(36)30-33)34-18-14-15-31(29-34)41-24-12-13-28-46-41;/h3-16,18-28H,1-2H3;/q-3;. The molecule has 0 bridgehead atoms. The van der Waals surface area contributed by atoms with E-state index in [2.05, 4.69) is 169 Å². The fraction of sp³-hybridized carbons (Fsp3) is 0.0682. The van der Waals surface area contributed by atoms with Crippen LogP contribution in [0.4, 0.5) is 0 Å². The van der Waals surface area contributed by atoms with Crippen LogP contribution in [0.25, 0.3) is 38.8 Å². The predicted octanol–water partition coefficient (Wildman–Crippen LogP) is 7.26. The summed E-state index contributed by atoms with van der Waals surface area (Å²) in [7, 11) is 0. The number of benzene rings is 6. The molecule has 0 amide bonds. The van der Waals surface area contributed by atoms with Crippen molar-refractivity contribution in [2.75, 3.05) is 0 Å². The Labute approximate surface area is 298 Å². The van der Waals surface area contributed by atoms with Gasteiger partial charge in [-0.05, 0) is 0 Å². The quantitative estimate of drug-likeness (QED) is 0.135. The van der Waals surface area contributed by atoms with Crippen LogP contribution < -0.4 is 17.6 Å². The van der Waals surface area contributed by atoms with Gasteiger partial charge in [0, 0.05) is 21.1 Å². The minimum absolute atomic E-state index is 0. The molecule has 0 atom stereocenters. The van der Waals surface area contributed by atoms with Gasteiger partial charge in [0.25, 0.3) is 0 Å². The van der Waals surface area contributed by atoms with Crippen LogP contribution in [0.15, 0.2) is 152 Å². The summed E-state index contributed by atoms with van der Waals surface area (Å²) < 4.78 is 7.84. The van der Waals surface area contributed by atoms with Crippen molar-refractivity contribution in [1.29, 1.82) is 0 Å². The second-order valence-electron chi connectivity index (χ2n) is 12.9. The van der Waals surface area contributed by atoms with Gasteiger partial charge in [-0.15, -0.1) is 0 Å². The number of aromatic nitrogens is 2. The van der Waals surface area contributed by atoms with E-state index in [0.717, 1.165) is 28.0 Å². The molecule has 0 radical (unpaired) electrons. The third kappa shape index (κ3) is 4.46. The number of fused-ring (bicyclic) bond motifs is 5. The number of hydrogen-bond acceptors (Lipinski definition) is 1. The van der Waals surface area contributed by atoms with E-state index >= 15 is 0 Å². The largest absolute Gasteiger partial charge is 0 e. The molecule has 234 valence electrons. The van der Waals surface area contributed by atoms with E-state index in [-0.39, 0.29) is 26.5 Å². The molecule has 3 heterocycles. The first-order valence-corrected chi connectivity index (χ1v) is 20.4. The van der Waals surface area contributed by atoms with Crippen LogP contribution in [0.5, 0.6) is 0 Å². The van der Waals surface area contributed by atoms with Crippen molar-refractivity contribution in [3.8, 4) is 16.9 Å². The van der Waals surface area contributed by atoms with Gasteiger partial charge >= 0.3 is 280 Å². The van der Waals surface area contributed by atoms with Crippen molar-refractivity contribution in [2.45, 2.75) is 19.3 Å². The Hall–Kier alpha value is -4.50. The first-order valence-electron chi connectivity index (χ1n) is 16.2. The second kappa shape index (κ2) is 11.9. The Morgan fingerprint density at radius 1 is 0.604 bits per heavy atom. The molecule has 0 aliphatic carbocycles. The molecule has 0 spiro atoms. The van der Waals surface area contributed by atoms with E-state index in [1.807, 2.05) is 24.4 Å². The van der Waals surface area contributed by atoms with Gasteiger partial charge in [0.15, 0.2) is 0 Å². The van der Waals surface area contributed by atoms with Gasteiger partial charge < -0.3 is 0 Å². The van der Waals surface area contributed by atoms with Gasteiger partial charge in [-0.2, -0.15) is 0 Å². The molecule has 2 aromatic heterocycles. The summed E-state index contributed by atoms with van der Waals surface area (Å²) in [4.78, 5) is 4.62. The maximum atomic E-state index is 4.62. The van der Waals surface area contributed by atoms with E-state index in [1.165, 1.54) is 39.5 Å². The van der Waals surface area contributed by atoms with Crippen molar-refractivity contribution in [1.82, 2.24) is 9.55 Å². The van der Waals surface area contributed by atoms with E-state index in [9.17, 15) is 0 Å². The maximum absolute atomic E-state index is 4.62. The van der Waals surface area contributed by atoms with E-state index in [1.54, 1.807) is 0 Å². The monoisotopic (exact) mass is 856 g/mol. The number of nitrogens with zero attached hydrogens (tertiary/aromatic N) is 2. The first kappa shape index (κ1) is 30.8. The molecule has 8 aromatic rings. The SMILES string of the molecule is CC1(C)c2cccc[c]2[Ge]([c]2[c-]cccc2)([c]2[c-]c3c(cc2)c2ccccc2n3-c2[c-]c(-c3ccccn3)ccc2)[c]2ccccc21.[Pt]. The second-order valence-corrected chi connectivity index (χ2v) is 20.6. The zero-order valence-corrected chi connectivity index (χ0v) is 31.0. The van der Waals surface area contributed by atoms with Gasteiger partial charge in [0.05, 0.1) is 0 Å². The molecule has 0 fully saturated rings. The maximum Gasteiger partial charge on any atom is 0 e. The summed E-state index contributed by atoms with van der Waals surface area (Å²) in [5.41, 5.74) is 7.75. The van der Waals surface area contributed by atoms with Crippen molar-refractivity contribution < 1.29 is 21.1 Å². The summed E-state index contributed by atoms with van der Waals surface area (Å²) in [5, 5.41) is 2.40. The number of para-hydroxylation sites is 1. The summed E-state index contributed by atoms with van der Waals surface area (Å²) in [6.45, 7) is 4.75. The molecule has 9 rings (SSSR count). The Morgan fingerprint density at radius 2 is 1.31 bits per heavy atom. The number of pyridine rings is 1. The third-order valence-electron chi connectivity index (χ3n) is 10.1. The molecule has 0 N–H and O–H groups in total. The van der Waals surface area contributed by atoms with Crippen molar-refractivity contribution in [3.63, 3.8) is 0 Å². The smallest absolute Gasteiger partial charge is 0 e. The molecule has 0 saturated heterocycles. The van der Waals surface area contributed by atoms with Crippen LogP contribution in [0.3, 0.4) is 0 Å². The van der Waals surface area contributed by atoms with Crippen LogP contribution in [-0.2, 0) is 26.5 Å². The van der Waals surface area contributed by atoms with Crippen molar-refractivity contribution >= 4 is 52.7 Å². The molecule has 6 aromatic carbocycles. The fourth-order valence-corrected chi connectivity index (χ4v) is 19.1. The predicted molar refractivity (Wildman–Crippen MR) is 196 cm³/mol. The average molecular weight is 855 g/mol. The van der Waals surface area contributed by atoms with Gasteiger partial charge in [-0.25, -0.2) is 0 Å². The molecule has 48 heavy (non-hydrogen) atoms. The molecular formula is C44H31GeN2Pt-3. The molecule has 0 saturated carbocycles. The van der Waals surface area contributed by atoms with E-state index < -0.39 is 13.3 Å². The Bertz CT molecular complexity index is 2400. The Balaban J connectivity index is 0.00000336. The molecule has 0 unspecified atom stereocenters. The molecule has 2 nitrogen and oxygen atoms in total. The van der Waals surface area contributed by atoms with E-state index in [0.29, 0.717) is 0 Å². The normalized spacial score (nSPS) is 14.2. The molecule has 1 aliphatic rings. The summed E-state index contributed by atoms with van der Waals surface area (Å²) in [6, 6.07) is 64.4. The number of hydrogen-bond donors (Lipinski definition) is 0. The molecule has 1 aliphatic heterocycles. The third-order valence-corrected chi connectivity index (χ3v) is 19.9. The van der Waals surface area contributed by atoms with Crippen LogP contribution in [-0.4, -0.2) is 22.8 Å². The molecular weight excluding hydrogens is 824 g/mol. The summed E-state index contributed by atoms with van der Waals surface area (Å²) in [5.74, 6) is 0. The Morgan fingerprint density at radius 3 is 2.04 bits per heavy atom.